The summed E-state index contributed by atoms with van der Waals surface area (Å²) < 4.78 is 1.93. The first-order chi connectivity index (χ1) is 9.15. The van der Waals surface area contributed by atoms with Crippen LogP contribution < -0.4 is 0 Å². The van der Waals surface area contributed by atoms with Crippen LogP contribution in [0, 0.1) is 5.92 Å². The van der Waals surface area contributed by atoms with Gasteiger partial charge in [0.1, 0.15) is 5.78 Å². The fraction of sp³-hybridized carbons (Fsp3) is 0.400. The van der Waals surface area contributed by atoms with Gasteiger partial charge in [-0.1, -0.05) is 0 Å². The molecular formula is C15H16N2O2. The highest BCUT2D eigenvalue weighted by molar-refractivity contribution is 6.01. The highest BCUT2D eigenvalue weighted by Gasteiger charge is 2.25. The van der Waals surface area contributed by atoms with Crippen LogP contribution in [0.1, 0.15) is 36.0 Å². The van der Waals surface area contributed by atoms with Crippen molar-refractivity contribution in [3.8, 4) is 0 Å². The molecule has 0 N–H and O–H groups in total. The van der Waals surface area contributed by atoms with Gasteiger partial charge in [0.05, 0.1) is 17.4 Å². The second-order valence-electron chi connectivity index (χ2n) is 5.24. The molecule has 1 saturated carbocycles. The summed E-state index contributed by atoms with van der Waals surface area (Å²) in [7, 11) is 1.93. The van der Waals surface area contributed by atoms with Crippen LogP contribution in [0.4, 0.5) is 0 Å². The van der Waals surface area contributed by atoms with Crippen molar-refractivity contribution in [1.29, 1.82) is 0 Å². The molecule has 1 fully saturated rings. The predicted octanol–water partition coefficient (Wildman–Crippen LogP) is 2.52. The summed E-state index contributed by atoms with van der Waals surface area (Å²) in [5, 5.41) is 0. The first-order valence-electron chi connectivity index (χ1n) is 6.62. The van der Waals surface area contributed by atoms with Gasteiger partial charge in [0.15, 0.2) is 5.78 Å². The van der Waals surface area contributed by atoms with Gasteiger partial charge in [-0.3, -0.25) is 9.59 Å². The Morgan fingerprint density at radius 1 is 1.32 bits per heavy atom. The Morgan fingerprint density at radius 3 is 2.79 bits per heavy atom. The van der Waals surface area contributed by atoms with Crippen molar-refractivity contribution in [3.63, 3.8) is 0 Å². The van der Waals surface area contributed by atoms with Gasteiger partial charge < -0.3 is 4.57 Å². The highest BCUT2D eigenvalue weighted by atomic mass is 16.1. The predicted molar refractivity (Wildman–Crippen MR) is 72.0 cm³/mol. The number of aromatic nitrogens is 2. The third-order valence-corrected chi connectivity index (χ3v) is 3.92. The van der Waals surface area contributed by atoms with Gasteiger partial charge >= 0.3 is 0 Å². The van der Waals surface area contributed by atoms with Gasteiger partial charge in [0, 0.05) is 31.4 Å². The zero-order valence-corrected chi connectivity index (χ0v) is 10.9. The van der Waals surface area contributed by atoms with E-state index in [-0.39, 0.29) is 17.5 Å². The van der Waals surface area contributed by atoms with Gasteiger partial charge in [-0.15, -0.1) is 0 Å². The number of imidazole rings is 1. The van der Waals surface area contributed by atoms with E-state index in [1.54, 1.807) is 6.33 Å². The molecule has 1 heterocycles. The summed E-state index contributed by atoms with van der Waals surface area (Å²) in [6.07, 6.45) is 4.22. The van der Waals surface area contributed by atoms with E-state index in [0.29, 0.717) is 31.2 Å². The average Bonchev–Trinajstić information content (AvgIpc) is 2.80. The maximum absolute atomic E-state index is 12.4. The number of hydrogen-bond donors (Lipinski definition) is 0. The minimum absolute atomic E-state index is 0.00105. The van der Waals surface area contributed by atoms with Crippen LogP contribution in [0.5, 0.6) is 0 Å². The maximum atomic E-state index is 12.4. The van der Waals surface area contributed by atoms with Crippen molar-refractivity contribution in [3.05, 3.63) is 30.1 Å². The molecule has 0 unspecified atom stereocenters. The second-order valence-corrected chi connectivity index (χ2v) is 5.24. The quantitative estimate of drug-likeness (QED) is 0.776. The average molecular weight is 256 g/mol. The van der Waals surface area contributed by atoms with Crippen molar-refractivity contribution in [1.82, 2.24) is 9.55 Å². The molecule has 0 radical (unpaired) electrons. The maximum Gasteiger partial charge on any atom is 0.166 e. The number of Topliss-reactive ketones (excluding diaryl/α,β-unsaturated/α-hetero) is 2. The number of carbonyl (C=O) groups is 2. The zero-order valence-electron chi connectivity index (χ0n) is 10.9. The van der Waals surface area contributed by atoms with E-state index in [4.69, 9.17) is 0 Å². The normalized spacial score (nSPS) is 17.0. The molecule has 1 aromatic carbocycles. The van der Waals surface area contributed by atoms with Crippen LogP contribution in [-0.4, -0.2) is 21.1 Å². The van der Waals surface area contributed by atoms with Crippen molar-refractivity contribution < 1.29 is 9.59 Å². The Hall–Kier alpha value is -1.97. The highest BCUT2D eigenvalue weighted by Crippen LogP contribution is 2.26. The van der Waals surface area contributed by atoms with Crippen LogP contribution in [0.3, 0.4) is 0 Å². The molecular weight excluding hydrogens is 240 g/mol. The third kappa shape index (κ3) is 2.18. The fourth-order valence-electron chi connectivity index (χ4n) is 2.73. The summed E-state index contributed by atoms with van der Waals surface area (Å²) in [6.45, 7) is 0. The fourth-order valence-corrected chi connectivity index (χ4v) is 2.73. The second kappa shape index (κ2) is 4.61. The van der Waals surface area contributed by atoms with E-state index in [1.165, 1.54) is 0 Å². The SMILES string of the molecule is Cn1cnc2cc(C(=O)C3CCC(=O)CC3)ccc21. The molecule has 98 valence electrons. The number of ketones is 2. The third-order valence-electron chi connectivity index (χ3n) is 3.92. The number of benzene rings is 1. The monoisotopic (exact) mass is 256 g/mol. The molecule has 0 bridgehead atoms. The van der Waals surface area contributed by atoms with E-state index in [0.717, 1.165) is 11.0 Å². The first kappa shape index (κ1) is 12.1. The Labute approximate surface area is 111 Å². The Morgan fingerprint density at radius 2 is 2.05 bits per heavy atom. The summed E-state index contributed by atoms with van der Waals surface area (Å²) >= 11 is 0. The molecule has 0 atom stereocenters. The minimum Gasteiger partial charge on any atom is -0.334 e. The lowest BCUT2D eigenvalue weighted by Crippen LogP contribution is -2.21. The number of hydrogen-bond acceptors (Lipinski definition) is 3. The van der Waals surface area contributed by atoms with Gasteiger partial charge in [0.2, 0.25) is 0 Å². The van der Waals surface area contributed by atoms with Crippen molar-refractivity contribution in [2.75, 3.05) is 0 Å². The lowest BCUT2D eigenvalue weighted by atomic mass is 9.83. The zero-order chi connectivity index (χ0) is 13.4. The lowest BCUT2D eigenvalue weighted by Gasteiger charge is -2.19. The standard InChI is InChI=1S/C15H16N2O2/c1-17-9-16-13-8-11(4-7-14(13)17)15(19)10-2-5-12(18)6-3-10/h4,7-10H,2-3,5-6H2,1H3. The van der Waals surface area contributed by atoms with Crippen molar-refractivity contribution in [2.24, 2.45) is 13.0 Å². The molecule has 1 aliphatic carbocycles. The number of aryl methyl sites for hydroxylation is 1. The van der Waals surface area contributed by atoms with Gasteiger partial charge in [-0.05, 0) is 31.0 Å². The lowest BCUT2D eigenvalue weighted by molar-refractivity contribution is -0.120. The van der Waals surface area contributed by atoms with E-state index < -0.39 is 0 Å². The minimum atomic E-state index is -0.00105. The van der Waals surface area contributed by atoms with E-state index in [9.17, 15) is 9.59 Å². The molecule has 19 heavy (non-hydrogen) atoms. The smallest absolute Gasteiger partial charge is 0.166 e. The molecule has 4 heteroatoms. The van der Waals surface area contributed by atoms with Gasteiger partial charge in [-0.25, -0.2) is 4.98 Å². The molecule has 0 spiro atoms. The van der Waals surface area contributed by atoms with Crippen molar-refractivity contribution in [2.45, 2.75) is 25.7 Å². The van der Waals surface area contributed by atoms with Crippen LogP contribution in [-0.2, 0) is 11.8 Å². The summed E-state index contributed by atoms with van der Waals surface area (Å²) in [5.41, 5.74) is 2.58. The van der Waals surface area contributed by atoms with Crippen LogP contribution in [0.15, 0.2) is 24.5 Å². The summed E-state index contributed by atoms with van der Waals surface area (Å²) in [5.74, 6) is 0.433. The van der Waals surface area contributed by atoms with E-state index in [1.807, 2.05) is 29.8 Å². The van der Waals surface area contributed by atoms with Gasteiger partial charge in [0.25, 0.3) is 0 Å². The molecule has 0 saturated heterocycles. The largest absolute Gasteiger partial charge is 0.334 e. The number of fused-ring (bicyclic) bond motifs is 1. The number of carbonyl (C=O) groups excluding carboxylic acids is 2. The summed E-state index contributed by atoms with van der Waals surface area (Å²) in [4.78, 5) is 27.9. The topological polar surface area (TPSA) is 52.0 Å². The Bertz CT molecular complexity index is 647. The summed E-state index contributed by atoms with van der Waals surface area (Å²) in [6, 6.07) is 5.65. The van der Waals surface area contributed by atoms with Crippen LogP contribution >= 0.6 is 0 Å². The molecule has 3 rings (SSSR count). The number of rotatable bonds is 2. The Kier molecular flexibility index (Phi) is 2.93. The number of nitrogens with zero attached hydrogens (tertiary/aromatic N) is 2. The van der Waals surface area contributed by atoms with Crippen molar-refractivity contribution >= 4 is 22.6 Å². The van der Waals surface area contributed by atoms with Crippen LogP contribution in [0.25, 0.3) is 11.0 Å². The Balaban J connectivity index is 1.87. The molecule has 4 nitrogen and oxygen atoms in total. The first-order valence-corrected chi connectivity index (χ1v) is 6.62. The van der Waals surface area contributed by atoms with E-state index >= 15 is 0 Å². The van der Waals surface area contributed by atoms with Crippen LogP contribution in [0.2, 0.25) is 0 Å². The molecule has 2 aromatic rings. The molecule has 1 aromatic heterocycles. The van der Waals surface area contributed by atoms with Gasteiger partial charge in [-0.2, -0.15) is 0 Å². The van der Waals surface area contributed by atoms with E-state index in [2.05, 4.69) is 4.98 Å². The molecule has 0 amide bonds. The molecule has 1 aliphatic rings. The molecule has 0 aliphatic heterocycles.